The normalized spacial score (nSPS) is 17.2. The molecule has 0 atom stereocenters. The van der Waals surface area contributed by atoms with E-state index in [-0.39, 0.29) is 6.09 Å². The van der Waals surface area contributed by atoms with Crippen LogP contribution in [0.4, 0.5) is 4.79 Å². The van der Waals surface area contributed by atoms with Crippen LogP contribution in [0.2, 0.25) is 0 Å². The summed E-state index contributed by atoms with van der Waals surface area (Å²) in [4.78, 5) is 15.3. The van der Waals surface area contributed by atoms with Crippen LogP contribution in [-0.2, 0) is 4.74 Å². The fourth-order valence-electron chi connectivity index (χ4n) is 1.48. The molecular weight excluding hydrogens is 180 g/mol. The van der Waals surface area contributed by atoms with Gasteiger partial charge in [-0.2, -0.15) is 0 Å². The lowest BCUT2D eigenvalue weighted by atomic mass is 10.1. The van der Waals surface area contributed by atoms with Gasteiger partial charge in [-0.15, -0.1) is 0 Å². The number of amides is 1. The molecule has 0 radical (unpaired) electrons. The van der Waals surface area contributed by atoms with Crippen molar-refractivity contribution >= 4 is 6.09 Å². The predicted octanol–water partition coefficient (Wildman–Crippen LogP) is 1.17. The average Bonchev–Trinajstić information content (AvgIpc) is 2.18. The zero-order valence-corrected chi connectivity index (χ0v) is 9.16. The van der Waals surface area contributed by atoms with Gasteiger partial charge in [0.1, 0.15) is 6.61 Å². The first-order chi connectivity index (χ1) is 6.70. The molecule has 1 fully saturated rings. The maximum absolute atomic E-state index is 11.5. The standard InChI is InChI=1S/C10H20N2O2/c1-11(2)8-9-14-10(13)12-6-4-3-5-7-12/h3-9H2,1-2H3. The molecule has 1 saturated heterocycles. The van der Waals surface area contributed by atoms with Gasteiger partial charge in [0.25, 0.3) is 0 Å². The van der Waals surface area contributed by atoms with Crippen LogP contribution in [0, 0.1) is 0 Å². The average molecular weight is 200 g/mol. The molecule has 0 aromatic heterocycles. The Morgan fingerprint density at radius 3 is 2.50 bits per heavy atom. The molecule has 0 unspecified atom stereocenters. The molecule has 4 nitrogen and oxygen atoms in total. The highest BCUT2D eigenvalue weighted by molar-refractivity contribution is 5.67. The molecular formula is C10H20N2O2. The van der Waals surface area contributed by atoms with Crippen molar-refractivity contribution in [2.45, 2.75) is 19.3 Å². The summed E-state index contributed by atoms with van der Waals surface area (Å²) in [5.74, 6) is 0. The van der Waals surface area contributed by atoms with Crippen LogP contribution >= 0.6 is 0 Å². The molecule has 1 aliphatic heterocycles. The molecule has 0 aliphatic carbocycles. The van der Waals surface area contributed by atoms with Gasteiger partial charge in [0.2, 0.25) is 0 Å². The number of hydrogen-bond donors (Lipinski definition) is 0. The van der Waals surface area contributed by atoms with Gasteiger partial charge in [-0.3, -0.25) is 0 Å². The second-order valence-corrected chi connectivity index (χ2v) is 3.97. The van der Waals surface area contributed by atoms with E-state index in [0.717, 1.165) is 32.5 Å². The summed E-state index contributed by atoms with van der Waals surface area (Å²) < 4.78 is 5.14. The van der Waals surface area contributed by atoms with Crippen molar-refractivity contribution in [1.82, 2.24) is 9.80 Å². The van der Waals surface area contributed by atoms with E-state index < -0.39 is 0 Å². The Labute approximate surface area is 85.8 Å². The Hall–Kier alpha value is -0.770. The summed E-state index contributed by atoms with van der Waals surface area (Å²) in [6, 6.07) is 0. The maximum atomic E-state index is 11.5. The molecule has 0 bridgehead atoms. The highest BCUT2D eigenvalue weighted by Gasteiger charge is 2.17. The zero-order chi connectivity index (χ0) is 10.4. The fourth-order valence-corrected chi connectivity index (χ4v) is 1.48. The Balaban J connectivity index is 2.13. The van der Waals surface area contributed by atoms with Crippen molar-refractivity contribution in [2.75, 3.05) is 40.3 Å². The first-order valence-corrected chi connectivity index (χ1v) is 5.26. The van der Waals surface area contributed by atoms with Crippen LogP contribution in [-0.4, -0.2) is 56.2 Å². The molecule has 4 heteroatoms. The van der Waals surface area contributed by atoms with Crippen molar-refractivity contribution in [3.8, 4) is 0 Å². The summed E-state index contributed by atoms with van der Waals surface area (Å²) in [5, 5.41) is 0. The van der Waals surface area contributed by atoms with Gasteiger partial charge in [0.05, 0.1) is 0 Å². The van der Waals surface area contributed by atoms with Crippen molar-refractivity contribution in [3.63, 3.8) is 0 Å². The van der Waals surface area contributed by atoms with Crippen LogP contribution in [0.1, 0.15) is 19.3 Å². The largest absolute Gasteiger partial charge is 0.448 e. The van der Waals surface area contributed by atoms with E-state index in [0.29, 0.717) is 6.61 Å². The molecule has 0 spiro atoms. The number of nitrogens with zero attached hydrogens (tertiary/aromatic N) is 2. The summed E-state index contributed by atoms with van der Waals surface area (Å²) in [5.41, 5.74) is 0. The van der Waals surface area contributed by atoms with E-state index in [1.165, 1.54) is 6.42 Å². The number of likely N-dealkylation sites (N-methyl/N-ethyl adjacent to an activating group) is 1. The van der Waals surface area contributed by atoms with Crippen molar-refractivity contribution < 1.29 is 9.53 Å². The number of hydrogen-bond acceptors (Lipinski definition) is 3. The van der Waals surface area contributed by atoms with E-state index in [9.17, 15) is 4.79 Å². The lowest BCUT2D eigenvalue weighted by Crippen LogP contribution is -2.37. The number of carbonyl (C=O) groups excluding carboxylic acids is 1. The summed E-state index contributed by atoms with van der Waals surface area (Å²) in [7, 11) is 3.93. The molecule has 1 amide bonds. The molecule has 0 saturated carbocycles. The van der Waals surface area contributed by atoms with Gasteiger partial charge in [0.15, 0.2) is 0 Å². The van der Waals surface area contributed by atoms with Gasteiger partial charge >= 0.3 is 6.09 Å². The maximum Gasteiger partial charge on any atom is 0.409 e. The van der Waals surface area contributed by atoms with Crippen LogP contribution in [0.15, 0.2) is 0 Å². The Morgan fingerprint density at radius 2 is 1.93 bits per heavy atom. The third kappa shape index (κ3) is 3.96. The van der Waals surface area contributed by atoms with E-state index in [1.807, 2.05) is 19.0 Å². The quantitative estimate of drug-likeness (QED) is 0.685. The van der Waals surface area contributed by atoms with Gasteiger partial charge in [-0.25, -0.2) is 4.79 Å². The first-order valence-electron chi connectivity index (χ1n) is 5.26. The molecule has 1 heterocycles. The highest BCUT2D eigenvalue weighted by Crippen LogP contribution is 2.09. The third-order valence-corrected chi connectivity index (χ3v) is 2.38. The molecule has 0 aromatic carbocycles. The van der Waals surface area contributed by atoms with Gasteiger partial charge in [0, 0.05) is 19.6 Å². The molecule has 14 heavy (non-hydrogen) atoms. The number of ether oxygens (including phenoxy) is 1. The Kier molecular flexibility index (Phi) is 4.73. The summed E-state index contributed by atoms with van der Waals surface area (Å²) in [6.45, 7) is 3.00. The van der Waals surface area contributed by atoms with Crippen LogP contribution in [0.3, 0.4) is 0 Å². The number of likely N-dealkylation sites (tertiary alicyclic amines) is 1. The molecule has 0 N–H and O–H groups in total. The first kappa shape index (κ1) is 11.3. The van der Waals surface area contributed by atoms with E-state index in [4.69, 9.17) is 4.74 Å². The van der Waals surface area contributed by atoms with Gasteiger partial charge in [-0.05, 0) is 33.4 Å². The van der Waals surface area contributed by atoms with E-state index in [2.05, 4.69) is 0 Å². The molecule has 1 rings (SSSR count). The third-order valence-electron chi connectivity index (χ3n) is 2.38. The number of rotatable bonds is 3. The lowest BCUT2D eigenvalue weighted by Gasteiger charge is -2.26. The van der Waals surface area contributed by atoms with Gasteiger partial charge < -0.3 is 14.5 Å². The second kappa shape index (κ2) is 5.86. The molecule has 1 aliphatic rings. The minimum Gasteiger partial charge on any atom is -0.448 e. The second-order valence-electron chi connectivity index (χ2n) is 3.97. The Morgan fingerprint density at radius 1 is 1.29 bits per heavy atom. The van der Waals surface area contributed by atoms with E-state index in [1.54, 1.807) is 4.90 Å². The smallest absolute Gasteiger partial charge is 0.409 e. The topological polar surface area (TPSA) is 32.8 Å². The Bertz CT molecular complexity index is 177. The molecule has 82 valence electrons. The minimum atomic E-state index is -0.147. The van der Waals surface area contributed by atoms with Crippen LogP contribution in [0.25, 0.3) is 0 Å². The lowest BCUT2D eigenvalue weighted by molar-refractivity contribution is 0.0895. The van der Waals surface area contributed by atoms with E-state index >= 15 is 0 Å². The van der Waals surface area contributed by atoms with Crippen molar-refractivity contribution in [1.29, 1.82) is 0 Å². The zero-order valence-electron chi connectivity index (χ0n) is 9.16. The highest BCUT2D eigenvalue weighted by atomic mass is 16.6. The number of piperidine rings is 1. The summed E-state index contributed by atoms with van der Waals surface area (Å²) in [6.07, 6.45) is 3.32. The van der Waals surface area contributed by atoms with Gasteiger partial charge in [-0.1, -0.05) is 0 Å². The van der Waals surface area contributed by atoms with Crippen molar-refractivity contribution in [3.05, 3.63) is 0 Å². The number of carbonyl (C=O) groups is 1. The van der Waals surface area contributed by atoms with Crippen molar-refractivity contribution in [2.24, 2.45) is 0 Å². The summed E-state index contributed by atoms with van der Waals surface area (Å²) >= 11 is 0. The molecule has 0 aromatic rings. The SMILES string of the molecule is CN(C)CCOC(=O)N1CCCCC1. The predicted molar refractivity (Wildman–Crippen MR) is 55.3 cm³/mol. The fraction of sp³-hybridized carbons (Fsp3) is 0.900. The monoisotopic (exact) mass is 200 g/mol. The van der Waals surface area contributed by atoms with Crippen LogP contribution < -0.4 is 0 Å². The van der Waals surface area contributed by atoms with Crippen LogP contribution in [0.5, 0.6) is 0 Å². The minimum absolute atomic E-state index is 0.147.